The summed E-state index contributed by atoms with van der Waals surface area (Å²) in [7, 11) is -3.55. The van der Waals surface area contributed by atoms with Gasteiger partial charge in [0.1, 0.15) is 0 Å². The van der Waals surface area contributed by atoms with E-state index in [9.17, 15) is 13.7 Å². The summed E-state index contributed by atoms with van der Waals surface area (Å²) in [5.41, 5.74) is 0. The molecule has 0 radical (unpaired) electrons. The number of hydrogen-bond donors (Lipinski definition) is 0. The number of nitrogens with zero attached hydrogens (tertiary/aromatic N) is 1. The lowest BCUT2D eigenvalue weighted by Crippen LogP contribution is -2.28. The van der Waals surface area contributed by atoms with Gasteiger partial charge in [0.15, 0.2) is 9.84 Å². The third kappa shape index (κ3) is 3.11. The zero-order valence-corrected chi connectivity index (χ0v) is 13.2. The van der Waals surface area contributed by atoms with Crippen LogP contribution in [0.1, 0.15) is 32.1 Å². The molecule has 1 aromatic carbocycles. The fraction of sp³-hybridized carbons (Fsp3) is 0.500. The zero-order valence-electron chi connectivity index (χ0n) is 10.9. The first-order chi connectivity index (χ1) is 9.46. The fourth-order valence-corrected chi connectivity index (χ4v) is 4.98. The Kier molecular flexibility index (Phi) is 4.95. The number of benzene rings is 1. The van der Waals surface area contributed by atoms with Gasteiger partial charge in [-0.15, -0.1) is 0 Å². The molecule has 1 saturated carbocycles. The molecule has 2 unspecified atom stereocenters. The standard InChI is InChI=1S/C14H15Cl2NO2S/c15-12-7-6-11(8-13(12)16)20(18,19)14-5-3-1-2-4-10(14)9-17/h6-8,10,14H,1-5H2. The minimum absolute atomic E-state index is 0.152. The van der Waals surface area contributed by atoms with E-state index in [1.165, 1.54) is 18.2 Å². The van der Waals surface area contributed by atoms with Crippen LogP contribution < -0.4 is 0 Å². The molecule has 0 saturated heterocycles. The SMILES string of the molecule is N#CC1CCCCCC1S(=O)(=O)c1ccc(Cl)c(Cl)c1. The highest BCUT2D eigenvalue weighted by Crippen LogP contribution is 2.34. The molecule has 2 atom stereocenters. The molecule has 3 nitrogen and oxygen atoms in total. The minimum Gasteiger partial charge on any atom is -0.223 e. The van der Waals surface area contributed by atoms with E-state index >= 15 is 0 Å². The van der Waals surface area contributed by atoms with E-state index in [0.717, 1.165) is 19.3 Å². The number of sulfone groups is 1. The van der Waals surface area contributed by atoms with Crippen LogP contribution in [0.4, 0.5) is 0 Å². The smallest absolute Gasteiger partial charge is 0.182 e. The molecule has 0 N–H and O–H groups in total. The van der Waals surface area contributed by atoms with E-state index in [2.05, 4.69) is 6.07 Å². The second-order valence-electron chi connectivity index (χ2n) is 5.03. The van der Waals surface area contributed by atoms with Gasteiger partial charge in [-0.1, -0.05) is 42.5 Å². The first-order valence-electron chi connectivity index (χ1n) is 6.55. The van der Waals surface area contributed by atoms with E-state index in [0.29, 0.717) is 17.9 Å². The van der Waals surface area contributed by atoms with Crippen molar-refractivity contribution in [1.82, 2.24) is 0 Å². The van der Waals surface area contributed by atoms with Crippen molar-refractivity contribution in [3.05, 3.63) is 28.2 Å². The van der Waals surface area contributed by atoms with E-state index < -0.39 is 21.0 Å². The molecule has 1 aliphatic rings. The first kappa shape index (κ1) is 15.6. The Hall–Kier alpha value is -0.760. The number of hydrogen-bond acceptors (Lipinski definition) is 3. The lowest BCUT2D eigenvalue weighted by atomic mass is 10.0. The van der Waals surface area contributed by atoms with E-state index in [1.807, 2.05) is 0 Å². The quantitative estimate of drug-likeness (QED) is 0.761. The Morgan fingerprint density at radius 2 is 1.80 bits per heavy atom. The number of nitriles is 1. The summed E-state index contributed by atoms with van der Waals surface area (Å²) in [5, 5.41) is 9.13. The van der Waals surface area contributed by atoms with Crippen molar-refractivity contribution in [1.29, 1.82) is 5.26 Å². The van der Waals surface area contributed by atoms with E-state index in [-0.39, 0.29) is 9.92 Å². The highest BCUT2D eigenvalue weighted by molar-refractivity contribution is 7.92. The van der Waals surface area contributed by atoms with Gasteiger partial charge in [-0.2, -0.15) is 5.26 Å². The molecule has 1 fully saturated rings. The van der Waals surface area contributed by atoms with Gasteiger partial charge in [0, 0.05) is 0 Å². The maximum Gasteiger partial charge on any atom is 0.182 e. The van der Waals surface area contributed by atoms with Gasteiger partial charge in [-0.25, -0.2) is 8.42 Å². The highest BCUT2D eigenvalue weighted by Gasteiger charge is 2.35. The van der Waals surface area contributed by atoms with Crippen molar-refractivity contribution in [2.45, 2.75) is 42.2 Å². The predicted octanol–water partition coefficient (Wildman–Crippen LogP) is 4.24. The van der Waals surface area contributed by atoms with Crippen LogP contribution in [0.5, 0.6) is 0 Å². The second-order valence-corrected chi connectivity index (χ2v) is 8.01. The van der Waals surface area contributed by atoms with Crippen molar-refractivity contribution in [2.75, 3.05) is 0 Å². The lowest BCUT2D eigenvalue weighted by Gasteiger charge is -2.20. The van der Waals surface area contributed by atoms with Crippen molar-refractivity contribution in [2.24, 2.45) is 5.92 Å². The van der Waals surface area contributed by atoms with Gasteiger partial charge in [0.05, 0.1) is 32.2 Å². The Labute approximate surface area is 129 Å². The molecule has 0 bridgehead atoms. The van der Waals surface area contributed by atoms with Crippen LogP contribution in [0.15, 0.2) is 23.1 Å². The van der Waals surface area contributed by atoms with Gasteiger partial charge in [-0.05, 0) is 31.0 Å². The molecule has 108 valence electrons. The predicted molar refractivity (Wildman–Crippen MR) is 79.6 cm³/mol. The Morgan fingerprint density at radius 1 is 1.10 bits per heavy atom. The summed E-state index contributed by atoms with van der Waals surface area (Å²) in [6.45, 7) is 0. The third-order valence-electron chi connectivity index (χ3n) is 3.74. The Morgan fingerprint density at radius 3 is 2.45 bits per heavy atom. The summed E-state index contributed by atoms with van der Waals surface area (Å²) in [4.78, 5) is 0.152. The highest BCUT2D eigenvalue weighted by atomic mass is 35.5. The molecular weight excluding hydrogens is 317 g/mol. The first-order valence-corrected chi connectivity index (χ1v) is 8.85. The Balaban J connectivity index is 2.41. The fourth-order valence-electron chi connectivity index (χ4n) is 2.62. The van der Waals surface area contributed by atoms with Gasteiger partial charge in [0.25, 0.3) is 0 Å². The number of rotatable bonds is 2. The summed E-state index contributed by atoms with van der Waals surface area (Å²) >= 11 is 11.7. The topological polar surface area (TPSA) is 57.9 Å². The number of halogens is 2. The van der Waals surface area contributed by atoms with Crippen molar-refractivity contribution < 1.29 is 8.42 Å². The van der Waals surface area contributed by atoms with Crippen molar-refractivity contribution in [3.8, 4) is 6.07 Å². The van der Waals surface area contributed by atoms with Gasteiger partial charge in [-0.3, -0.25) is 0 Å². The lowest BCUT2D eigenvalue weighted by molar-refractivity contribution is 0.523. The van der Waals surface area contributed by atoms with Crippen molar-refractivity contribution in [3.63, 3.8) is 0 Å². The summed E-state index contributed by atoms with van der Waals surface area (Å²) < 4.78 is 25.4. The van der Waals surface area contributed by atoms with Gasteiger partial charge >= 0.3 is 0 Å². The van der Waals surface area contributed by atoms with Crippen LogP contribution in [0.2, 0.25) is 10.0 Å². The molecule has 0 aromatic heterocycles. The monoisotopic (exact) mass is 331 g/mol. The molecule has 0 heterocycles. The van der Waals surface area contributed by atoms with Crippen LogP contribution in [0, 0.1) is 17.2 Å². The molecular formula is C14H15Cl2NO2S. The van der Waals surface area contributed by atoms with E-state index in [1.54, 1.807) is 0 Å². The average Bonchev–Trinajstić information content (AvgIpc) is 2.67. The molecule has 6 heteroatoms. The molecule has 1 aromatic rings. The van der Waals surface area contributed by atoms with Gasteiger partial charge < -0.3 is 0 Å². The van der Waals surface area contributed by atoms with Crippen LogP contribution >= 0.6 is 23.2 Å². The summed E-state index contributed by atoms with van der Waals surface area (Å²) in [6, 6.07) is 6.47. The maximum absolute atomic E-state index is 12.7. The normalized spacial score (nSPS) is 23.9. The molecule has 1 aliphatic carbocycles. The third-order valence-corrected chi connectivity index (χ3v) is 6.75. The average molecular weight is 332 g/mol. The molecule has 0 amide bonds. The van der Waals surface area contributed by atoms with Gasteiger partial charge in [0.2, 0.25) is 0 Å². The molecule has 0 aliphatic heterocycles. The van der Waals surface area contributed by atoms with Crippen LogP contribution in [0.3, 0.4) is 0 Å². The molecule has 2 rings (SSSR count). The largest absolute Gasteiger partial charge is 0.223 e. The minimum atomic E-state index is -3.55. The van der Waals surface area contributed by atoms with Crippen LogP contribution in [-0.4, -0.2) is 13.7 Å². The van der Waals surface area contributed by atoms with Crippen molar-refractivity contribution >= 4 is 33.0 Å². The van der Waals surface area contributed by atoms with E-state index in [4.69, 9.17) is 23.2 Å². The molecule has 20 heavy (non-hydrogen) atoms. The van der Waals surface area contributed by atoms with Crippen LogP contribution in [-0.2, 0) is 9.84 Å². The maximum atomic E-state index is 12.7. The molecule has 0 spiro atoms. The Bertz CT molecular complexity index is 637. The summed E-state index contributed by atoms with van der Waals surface area (Å²) in [6.07, 6.45) is 3.89. The zero-order chi connectivity index (χ0) is 14.8. The summed E-state index contributed by atoms with van der Waals surface area (Å²) in [5.74, 6) is -0.447. The van der Waals surface area contributed by atoms with Crippen LogP contribution in [0.25, 0.3) is 0 Å². The second kappa shape index (κ2) is 6.34.